The van der Waals surface area contributed by atoms with Crippen molar-refractivity contribution in [3.8, 4) is 0 Å². The molecule has 0 N–H and O–H groups in total. The first-order chi connectivity index (χ1) is 10.2. The Hall–Kier alpha value is -2.42. The van der Waals surface area contributed by atoms with Crippen molar-refractivity contribution in [1.82, 2.24) is 4.90 Å². The Morgan fingerprint density at radius 3 is 2.52 bits per heavy atom. The van der Waals surface area contributed by atoms with Gasteiger partial charge in [0.1, 0.15) is 0 Å². The zero-order valence-electron chi connectivity index (χ0n) is 11.8. The maximum atomic E-state index is 12.4. The number of rotatable bonds is 4. The maximum absolute atomic E-state index is 12.4. The summed E-state index contributed by atoms with van der Waals surface area (Å²) in [6, 6.07) is 17.3. The molecule has 0 bridgehead atoms. The highest BCUT2D eigenvalue weighted by molar-refractivity contribution is 5.99. The molecule has 0 aliphatic carbocycles. The van der Waals surface area contributed by atoms with Crippen LogP contribution in [-0.2, 0) is 17.6 Å². The van der Waals surface area contributed by atoms with Gasteiger partial charge in [-0.3, -0.25) is 9.59 Å². The molecule has 0 fully saturated rings. The minimum Gasteiger partial charge on any atom is -0.331 e. The van der Waals surface area contributed by atoms with E-state index < -0.39 is 0 Å². The molecule has 0 saturated heterocycles. The first kappa shape index (κ1) is 13.6. The summed E-state index contributed by atoms with van der Waals surface area (Å²) >= 11 is 0. The van der Waals surface area contributed by atoms with Crippen molar-refractivity contribution in [3.05, 3.63) is 71.3 Å². The number of carbonyl (C=O) groups is 2. The van der Waals surface area contributed by atoms with Gasteiger partial charge < -0.3 is 4.90 Å². The van der Waals surface area contributed by atoms with Gasteiger partial charge >= 0.3 is 0 Å². The van der Waals surface area contributed by atoms with Crippen LogP contribution >= 0.6 is 0 Å². The van der Waals surface area contributed by atoms with E-state index in [1.165, 1.54) is 0 Å². The smallest absolute Gasteiger partial charge is 0.254 e. The molecule has 21 heavy (non-hydrogen) atoms. The van der Waals surface area contributed by atoms with Crippen molar-refractivity contribution in [2.24, 2.45) is 0 Å². The summed E-state index contributed by atoms with van der Waals surface area (Å²) < 4.78 is 0. The number of nitrogens with zero attached hydrogens (tertiary/aromatic N) is 1. The highest BCUT2D eigenvalue weighted by Crippen LogP contribution is 2.18. The van der Waals surface area contributed by atoms with Gasteiger partial charge in [0.15, 0.2) is 5.78 Å². The summed E-state index contributed by atoms with van der Waals surface area (Å²) in [6.07, 6.45) is 1.20. The molecule has 0 radical (unpaired) electrons. The lowest BCUT2D eigenvalue weighted by Crippen LogP contribution is -2.41. The molecule has 106 valence electrons. The zero-order valence-corrected chi connectivity index (χ0v) is 11.8. The molecule has 0 aromatic heterocycles. The van der Waals surface area contributed by atoms with Crippen LogP contribution in [0.4, 0.5) is 0 Å². The van der Waals surface area contributed by atoms with Crippen LogP contribution in [-0.4, -0.2) is 29.7 Å². The van der Waals surface area contributed by atoms with Crippen molar-refractivity contribution < 1.29 is 9.59 Å². The fraction of sp³-hybridized carbons (Fsp3) is 0.222. The first-order valence-electron chi connectivity index (χ1n) is 7.17. The minimum absolute atomic E-state index is 0.0294. The lowest BCUT2D eigenvalue weighted by atomic mass is 9.98. The Balaban J connectivity index is 1.66. The van der Waals surface area contributed by atoms with Crippen molar-refractivity contribution in [2.45, 2.75) is 12.8 Å². The van der Waals surface area contributed by atoms with Crippen molar-refractivity contribution in [3.63, 3.8) is 0 Å². The second kappa shape index (κ2) is 5.92. The number of hydrogen-bond donors (Lipinski definition) is 0. The van der Waals surface area contributed by atoms with Gasteiger partial charge in [0.25, 0.3) is 5.91 Å². The van der Waals surface area contributed by atoms with Crippen molar-refractivity contribution >= 4 is 11.7 Å². The highest BCUT2D eigenvalue weighted by atomic mass is 16.2. The van der Waals surface area contributed by atoms with E-state index in [9.17, 15) is 9.59 Å². The van der Waals surface area contributed by atoms with Crippen LogP contribution in [0.15, 0.2) is 54.6 Å². The van der Waals surface area contributed by atoms with Gasteiger partial charge in [-0.2, -0.15) is 0 Å². The standard InChI is InChI=1S/C18H17NO2/c20-16(12-14-6-2-1-3-7-14)13-19-11-10-15-8-4-5-9-17(15)18(19)21/h1-9H,10-13H2. The number of Topliss-reactive ketones (excluding diaryl/α,β-unsaturated/α-hetero) is 1. The quantitative estimate of drug-likeness (QED) is 0.862. The molecule has 1 aliphatic heterocycles. The first-order valence-corrected chi connectivity index (χ1v) is 7.17. The van der Waals surface area contributed by atoms with Gasteiger partial charge in [0.05, 0.1) is 6.54 Å². The molecule has 3 heteroatoms. The Bertz CT molecular complexity index is 664. The number of benzene rings is 2. The molecule has 1 aliphatic rings. The molecule has 0 atom stereocenters. The Labute approximate surface area is 124 Å². The van der Waals surface area contributed by atoms with E-state index in [0.29, 0.717) is 13.0 Å². The Morgan fingerprint density at radius 2 is 1.71 bits per heavy atom. The van der Waals surface area contributed by atoms with Gasteiger partial charge in [0, 0.05) is 18.5 Å². The monoisotopic (exact) mass is 279 g/mol. The Kier molecular flexibility index (Phi) is 3.82. The lowest BCUT2D eigenvalue weighted by Gasteiger charge is -2.28. The normalized spacial score (nSPS) is 13.9. The predicted molar refractivity (Wildman–Crippen MR) is 81.2 cm³/mol. The molecule has 3 nitrogen and oxygen atoms in total. The molecule has 0 unspecified atom stereocenters. The van der Waals surface area contributed by atoms with E-state index in [1.807, 2.05) is 54.6 Å². The SMILES string of the molecule is O=C(Cc1ccccc1)CN1CCc2ccccc2C1=O. The highest BCUT2D eigenvalue weighted by Gasteiger charge is 2.25. The number of hydrogen-bond acceptors (Lipinski definition) is 2. The molecule has 2 aromatic carbocycles. The summed E-state index contributed by atoms with van der Waals surface area (Å²) in [5.41, 5.74) is 2.80. The minimum atomic E-state index is -0.0294. The molecule has 0 saturated carbocycles. The number of amides is 1. The maximum Gasteiger partial charge on any atom is 0.254 e. The van der Waals surface area contributed by atoms with E-state index >= 15 is 0 Å². The number of fused-ring (bicyclic) bond motifs is 1. The second-order valence-electron chi connectivity index (χ2n) is 5.33. The zero-order chi connectivity index (χ0) is 14.7. The predicted octanol–water partition coefficient (Wildman–Crippen LogP) is 2.50. The Morgan fingerprint density at radius 1 is 1.00 bits per heavy atom. The van der Waals surface area contributed by atoms with E-state index in [1.54, 1.807) is 4.90 Å². The van der Waals surface area contributed by atoms with Gasteiger partial charge in [-0.15, -0.1) is 0 Å². The average molecular weight is 279 g/mol. The average Bonchev–Trinajstić information content (AvgIpc) is 2.51. The number of carbonyl (C=O) groups excluding carboxylic acids is 2. The molecule has 2 aromatic rings. The summed E-state index contributed by atoms with van der Waals surface area (Å²) in [5.74, 6) is 0.0483. The summed E-state index contributed by atoms with van der Waals surface area (Å²) in [6.45, 7) is 0.818. The molecule has 3 rings (SSSR count). The van der Waals surface area contributed by atoms with Crippen LogP contribution in [0.5, 0.6) is 0 Å². The number of ketones is 1. The third-order valence-corrected chi connectivity index (χ3v) is 3.80. The fourth-order valence-corrected chi connectivity index (χ4v) is 2.72. The van der Waals surface area contributed by atoms with Crippen molar-refractivity contribution in [2.75, 3.05) is 13.1 Å². The van der Waals surface area contributed by atoms with Gasteiger partial charge in [-0.1, -0.05) is 48.5 Å². The van der Waals surface area contributed by atoms with Crippen LogP contribution in [0, 0.1) is 0 Å². The van der Waals surface area contributed by atoms with E-state index in [0.717, 1.165) is 23.1 Å². The van der Waals surface area contributed by atoms with Crippen LogP contribution in [0.1, 0.15) is 21.5 Å². The third-order valence-electron chi connectivity index (χ3n) is 3.80. The van der Waals surface area contributed by atoms with Crippen LogP contribution < -0.4 is 0 Å². The molecular weight excluding hydrogens is 262 g/mol. The van der Waals surface area contributed by atoms with Crippen molar-refractivity contribution in [1.29, 1.82) is 0 Å². The molecular formula is C18H17NO2. The molecule has 1 amide bonds. The second-order valence-corrected chi connectivity index (χ2v) is 5.33. The molecule has 1 heterocycles. The summed E-state index contributed by atoms with van der Waals surface area (Å²) in [7, 11) is 0. The molecule has 0 spiro atoms. The van der Waals surface area contributed by atoms with E-state index in [-0.39, 0.29) is 18.2 Å². The largest absolute Gasteiger partial charge is 0.331 e. The summed E-state index contributed by atoms with van der Waals surface area (Å²) in [4.78, 5) is 26.2. The van der Waals surface area contributed by atoms with Crippen LogP contribution in [0.2, 0.25) is 0 Å². The van der Waals surface area contributed by atoms with E-state index in [2.05, 4.69) is 0 Å². The fourth-order valence-electron chi connectivity index (χ4n) is 2.72. The van der Waals surface area contributed by atoms with E-state index in [4.69, 9.17) is 0 Å². The summed E-state index contributed by atoms with van der Waals surface area (Å²) in [5, 5.41) is 0. The van der Waals surface area contributed by atoms with Gasteiger partial charge in [0.2, 0.25) is 0 Å². The third kappa shape index (κ3) is 3.02. The van der Waals surface area contributed by atoms with Crippen LogP contribution in [0.25, 0.3) is 0 Å². The van der Waals surface area contributed by atoms with Gasteiger partial charge in [-0.25, -0.2) is 0 Å². The van der Waals surface area contributed by atoms with Gasteiger partial charge in [-0.05, 0) is 23.6 Å². The van der Waals surface area contributed by atoms with Crippen LogP contribution in [0.3, 0.4) is 0 Å². The lowest BCUT2D eigenvalue weighted by molar-refractivity contribution is -0.119. The topological polar surface area (TPSA) is 37.4 Å².